The van der Waals surface area contributed by atoms with Gasteiger partial charge < -0.3 is 40.2 Å². The molecule has 0 aliphatic rings. The first-order valence-corrected chi connectivity index (χ1v) is 17.8. The van der Waals surface area contributed by atoms with Gasteiger partial charge in [-0.15, -0.1) is 11.3 Å². The summed E-state index contributed by atoms with van der Waals surface area (Å²) in [5.74, 6) is -0.212. The van der Waals surface area contributed by atoms with Crippen LogP contribution in [0.15, 0.2) is 83.1 Å². The number of nitrogens with zero attached hydrogens (tertiary/aromatic N) is 3. The average molecular weight is 721 g/mol. The zero-order valence-corrected chi connectivity index (χ0v) is 30.4. The first-order chi connectivity index (χ1) is 24.4. The lowest BCUT2D eigenvalue weighted by Gasteiger charge is -2.34. The van der Waals surface area contributed by atoms with Crippen LogP contribution in [0.4, 0.5) is 9.59 Å². The van der Waals surface area contributed by atoms with E-state index in [4.69, 9.17) is 9.15 Å². The molecule has 0 unspecified atom stereocenters. The van der Waals surface area contributed by atoms with Gasteiger partial charge in [0.05, 0.1) is 34.7 Å². The third kappa shape index (κ3) is 11.9. The number of aromatic nitrogens is 2. The van der Waals surface area contributed by atoms with Gasteiger partial charge in [0.2, 0.25) is 5.91 Å². The number of benzene rings is 2. The van der Waals surface area contributed by atoms with E-state index in [0.29, 0.717) is 11.6 Å². The fourth-order valence-corrected chi connectivity index (χ4v) is 5.90. The second-order valence-electron chi connectivity index (χ2n) is 13.1. The number of carbonyl (C=O) groups is 3. The van der Waals surface area contributed by atoms with E-state index < -0.39 is 48.4 Å². The Morgan fingerprint density at radius 2 is 1.47 bits per heavy atom. The molecule has 274 valence electrons. The Balaban J connectivity index is 1.50. The summed E-state index contributed by atoms with van der Waals surface area (Å²) >= 11 is 1.34. The fourth-order valence-electron chi connectivity index (χ4n) is 5.40. The molecule has 2 aromatic heterocycles. The molecule has 0 saturated carbocycles. The van der Waals surface area contributed by atoms with Crippen molar-refractivity contribution in [2.45, 2.75) is 89.9 Å². The van der Waals surface area contributed by atoms with Gasteiger partial charge in [0.1, 0.15) is 31.1 Å². The molecule has 4 amide bonds. The van der Waals surface area contributed by atoms with Gasteiger partial charge in [-0.25, -0.2) is 14.6 Å². The van der Waals surface area contributed by atoms with E-state index in [0.717, 1.165) is 16.0 Å². The van der Waals surface area contributed by atoms with Gasteiger partial charge >= 0.3 is 12.1 Å². The summed E-state index contributed by atoms with van der Waals surface area (Å²) < 4.78 is 10.9. The smallest absolute Gasteiger partial charge is 0.407 e. The number of hydrogen-bond acceptors (Lipinski definition) is 10. The predicted octanol–water partition coefficient (Wildman–Crippen LogP) is 4.41. The minimum atomic E-state index is -1.54. The number of aliphatic hydroxyl groups excluding tert-OH is 2. The topological polar surface area (TPSA) is 179 Å². The fraction of sp³-hybridized carbons (Fsp3) is 0.432. The first-order valence-electron chi connectivity index (χ1n) is 16.9. The summed E-state index contributed by atoms with van der Waals surface area (Å²) in [6, 6.07) is 14.9. The average Bonchev–Trinajstić information content (AvgIpc) is 3.82. The molecule has 5 atom stereocenters. The van der Waals surface area contributed by atoms with Gasteiger partial charge in [0.25, 0.3) is 0 Å². The molecule has 13 nitrogen and oxygen atoms in total. The van der Waals surface area contributed by atoms with Crippen molar-refractivity contribution >= 4 is 29.4 Å². The number of urea groups is 1. The van der Waals surface area contributed by atoms with Crippen molar-refractivity contribution < 1.29 is 33.8 Å². The first kappa shape index (κ1) is 39.0. The lowest BCUT2D eigenvalue weighted by Crippen LogP contribution is -2.60. The van der Waals surface area contributed by atoms with E-state index in [9.17, 15) is 24.6 Å². The lowest BCUT2D eigenvalue weighted by molar-refractivity contribution is -0.126. The highest BCUT2D eigenvalue weighted by Gasteiger charge is 2.36. The Morgan fingerprint density at radius 3 is 1.98 bits per heavy atom. The van der Waals surface area contributed by atoms with E-state index in [1.54, 1.807) is 32.6 Å². The van der Waals surface area contributed by atoms with Gasteiger partial charge in [-0.05, 0) is 29.9 Å². The van der Waals surface area contributed by atoms with Crippen LogP contribution in [-0.2, 0) is 35.5 Å². The third-order valence-electron chi connectivity index (χ3n) is 8.27. The summed E-state index contributed by atoms with van der Waals surface area (Å²) in [4.78, 5) is 50.6. The Hall–Kier alpha value is -4.79. The molecule has 5 N–H and O–H groups in total. The second kappa shape index (κ2) is 19.0. The van der Waals surface area contributed by atoms with Crippen LogP contribution in [0, 0.1) is 5.92 Å². The summed E-state index contributed by atoms with van der Waals surface area (Å²) in [5.41, 5.74) is 3.81. The minimum Gasteiger partial charge on any atom is -0.448 e. The monoisotopic (exact) mass is 720 g/mol. The normalized spacial score (nSPS) is 14.3. The maximum Gasteiger partial charge on any atom is 0.407 e. The van der Waals surface area contributed by atoms with Crippen LogP contribution in [0.1, 0.15) is 61.2 Å². The minimum absolute atomic E-state index is 0.00499. The van der Waals surface area contributed by atoms with Gasteiger partial charge in [0.15, 0.2) is 5.89 Å². The molecule has 2 aromatic carbocycles. The van der Waals surface area contributed by atoms with Crippen LogP contribution in [0.3, 0.4) is 0 Å². The molecule has 0 saturated heterocycles. The second-order valence-corrected chi connectivity index (χ2v) is 14.1. The molecule has 4 aromatic rings. The summed E-state index contributed by atoms with van der Waals surface area (Å²) in [5, 5.41) is 31.8. The number of oxazole rings is 1. The van der Waals surface area contributed by atoms with Crippen molar-refractivity contribution in [1.29, 1.82) is 0 Å². The van der Waals surface area contributed by atoms with Crippen LogP contribution in [0.5, 0.6) is 0 Å². The molecule has 0 radical (unpaired) electrons. The predicted molar refractivity (Wildman–Crippen MR) is 193 cm³/mol. The summed E-state index contributed by atoms with van der Waals surface area (Å²) in [6.07, 6.45) is -0.433. The van der Waals surface area contributed by atoms with Gasteiger partial charge in [-0.3, -0.25) is 9.78 Å². The van der Waals surface area contributed by atoms with E-state index in [2.05, 4.69) is 25.9 Å². The molecule has 0 aliphatic heterocycles. The van der Waals surface area contributed by atoms with Crippen LogP contribution in [0.25, 0.3) is 0 Å². The Kier molecular flexibility index (Phi) is 14.5. The number of aliphatic hydroxyl groups is 2. The number of hydrogen-bond donors (Lipinski definition) is 5. The lowest BCUT2D eigenvalue weighted by atomic mass is 9.90. The number of nitrogens with one attached hydrogen (secondary N) is 3. The Bertz CT molecular complexity index is 1650. The number of rotatable bonds is 17. The number of thiazole rings is 1. The molecular formula is C37H48N6O7S. The van der Waals surface area contributed by atoms with Crippen molar-refractivity contribution in [3.63, 3.8) is 0 Å². The maximum absolute atomic E-state index is 13.9. The van der Waals surface area contributed by atoms with Crippen LogP contribution in [0.2, 0.25) is 0 Å². The SMILES string of the molecule is CC(C)c1nc(CN(C)C(=O)N[C@H](C(=O)N[C@@H](Cc2ccccc2)[C@@H](O)[C@@H](O)[C@H](Cc2ccccc2)NC(=O)OCc2cncs2)C(C)C)co1. The highest BCUT2D eigenvalue weighted by atomic mass is 32.1. The Labute approximate surface area is 302 Å². The number of amides is 4. The van der Waals surface area contributed by atoms with Gasteiger partial charge in [0, 0.05) is 19.2 Å². The zero-order chi connectivity index (χ0) is 36.9. The van der Waals surface area contributed by atoms with Gasteiger partial charge in [-0.1, -0.05) is 88.4 Å². The molecule has 0 aliphatic carbocycles. The van der Waals surface area contributed by atoms with Crippen molar-refractivity contribution in [3.8, 4) is 0 Å². The van der Waals surface area contributed by atoms with E-state index in [1.165, 1.54) is 22.5 Å². The maximum atomic E-state index is 13.9. The zero-order valence-electron chi connectivity index (χ0n) is 29.6. The van der Waals surface area contributed by atoms with Crippen molar-refractivity contribution in [1.82, 2.24) is 30.8 Å². The molecule has 0 bridgehead atoms. The van der Waals surface area contributed by atoms with E-state index in [-0.39, 0.29) is 37.8 Å². The highest BCUT2D eigenvalue weighted by molar-refractivity contribution is 7.09. The molecule has 0 spiro atoms. The van der Waals surface area contributed by atoms with E-state index in [1.807, 2.05) is 74.5 Å². The van der Waals surface area contributed by atoms with Crippen LogP contribution in [-0.4, -0.2) is 80.5 Å². The summed E-state index contributed by atoms with van der Waals surface area (Å²) in [7, 11) is 1.59. The molecule has 0 fully saturated rings. The van der Waals surface area contributed by atoms with Crippen LogP contribution < -0.4 is 16.0 Å². The molecule has 4 rings (SSSR count). The number of alkyl carbamates (subject to hydrolysis) is 1. The largest absolute Gasteiger partial charge is 0.448 e. The number of ether oxygens (including phenoxy) is 1. The van der Waals surface area contributed by atoms with E-state index >= 15 is 0 Å². The Morgan fingerprint density at radius 1 is 0.882 bits per heavy atom. The van der Waals surface area contributed by atoms with Crippen molar-refractivity contribution in [2.24, 2.45) is 5.92 Å². The standard InChI is InChI=1S/C37H48N6O7S/c1-23(2)31(42-36(47)43(5)19-27-20-49-35(39-27)24(3)4)34(46)40-29(16-25-12-8-6-9-13-25)32(44)33(45)30(17-26-14-10-7-11-15-26)41-37(48)50-21-28-18-38-22-51-28/h6-15,18,20,22-24,29-33,44-45H,16-17,19,21H2,1-5H3,(H,40,46)(H,41,48)(H,42,47)/t29-,30-,31-,32+,33-/m0/s1. The van der Waals surface area contributed by atoms with Crippen molar-refractivity contribution in [3.05, 3.63) is 106 Å². The van der Waals surface area contributed by atoms with Gasteiger partial charge in [-0.2, -0.15) is 0 Å². The van der Waals surface area contributed by atoms with Crippen molar-refractivity contribution in [2.75, 3.05) is 7.05 Å². The molecule has 2 heterocycles. The van der Waals surface area contributed by atoms with Crippen LogP contribution >= 0.6 is 11.3 Å². The molecule has 14 heteroatoms. The third-order valence-corrected chi connectivity index (χ3v) is 9.02. The molecular weight excluding hydrogens is 673 g/mol. The highest BCUT2D eigenvalue weighted by Crippen LogP contribution is 2.18. The molecule has 51 heavy (non-hydrogen) atoms. The quantitative estimate of drug-likeness (QED) is 0.106. The summed E-state index contributed by atoms with van der Waals surface area (Å²) in [6.45, 7) is 7.67. The number of carbonyl (C=O) groups excluding carboxylic acids is 3.